The van der Waals surface area contributed by atoms with Crippen LogP contribution in [0.15, 0.2) is 0 Å². The van der Waals surface area contributed by atoms with Gasteiger partial charge in [0.25, 0.3) is 0 Å². The highest BCUT2D eigenvalue weighted by molar-refractivity contribution is 4.43. The van der Waals surface area contributed by atoms with Crippen molar-refractivity contribution in [3.63, 3.8) is 0 Å². The molecule has 82 valence electrons. The smallest absolute Gasteiger partial charge is 0.0745 e. The summed E-state index contributed by atoms with van der Waals surface area (Å²) in [5, 5.41) is 24.7. The molecule has 2 unspecified atom stereocenters. The third kappa shape index (κ3) is 24.5. The molecule has 0 rings (SSSR count). The molecule has 0 aliphatic rings. The molecule has 0 bridgehead atoms. The zero-order valence-corrected chi connectivity index (χ0v) is 8.90. The fourth-order valence-corrected chi connectivity index (χ4v) is 0.332. The topological polar surface area (TPSA) is 69.9 Å². The van der Waals surface area contributed by atoms with E-state index < -0.39 is 6.10 Å². The summed E-state index contributed by atoms with van der Waals surface area (Å²) in [6, 6.07) is 0. The Morgan fingerprint density at radius 3 is 1.46 bits per heavy atom. The Labute approximate surface area is 80.2 Å². The molecule has 0 spiro atoms. The van der Waals surface area contributed by atoms with Crippen molar-refractivity contribution < 1.29 is 20.1 Å². The van der Waals surface area contributed by atoms with Crippen LogP contribution in [0.4, 0.5) is 0 Å². The van der Waals surface area contributed by atoms with E-state index in [0.717, 1.165) is 0 Å². The average molecular weight is 194 g/mol. The van der Waals surface area contributed by atoms with E-state index in [-0.39, 0.29) is 18.8 Å². The van der Waals surface area contributed by atoms with Crippen LogP contribution in [0.5, 0.6) is 0 Å². The van der Waals surface area contributed by atoms with Crippen molar-refractivity contribution in [1.29, 1.82) is 0 Å². The standard InChI is InChI=1S/C6H14O2.C3H8O2/c1-5(2)8-4-6(3)7;1-3(5)2-4/h5-7H,4H2,1-3H3;3-5H,2H2,1H3. The summed E-state index contributed by atoms with van der Waals surface area (Å²) >= 11 is 0. The Bertz CT molecular complexity index is 83.6. The Morgan fingerprint density at radius 1 is 1.00 bits per heavy atom. The van der Waals surface area contributed by atoms with E-state index in [2.05, 4.69) is 0 Å². The molecule has 0 aromatic rings. The van der Waals surface area contributed by atoms with E-state index in [4.69, 9.17) is 20.1 Å². The third-order valence-corrected chi connectivity index (χ3v) is 0.935. The fraction of sp³-hybridized carbons (Fsp3) is 1.00. The van der Waals surface area contributed by atoms with Crippen LogP contribution in [-0.2, 0) is 4.74 Å². The van der Waals surface area contributed by atoms with Gasteiger partial charge in [-0.15, -0.1) is 0 Å². The van der Waals surface area contributed by atoms with Crippen molar-refractivity contribution in [2.24, 2.45) is 0 Å². The molecule has 4 nitrogen and oxygen atoms in total. The van der Waals surface area contributed by atoms with Crippen LogP contribution < -0.4 is 0 Å². The van der Waals surface area contributed by atoms with E-state index >= 15 is 0 Å². The van der Waals surface area contributed by atoms with Crippen molar-refractivity contribution in [2.75, 3.05) is 13.2 Å². The molecule has 0 aliphatic carbocycles. The molecule has 3 N–H and O–H groups in total. The maximum Gasteiger partial charge on any atom is 0.0745 e. The van der Waals surface area contributed by atoms with Crippen molar-refractivity contribution in [1.82, 2.24) is 0 Å². The lowest BCUT2D eigenvalue weighted by Gasteiger charge is -2.07. The zero-order chi connectivity index (χ0) is 10.9. The predicted octanol–water partition coefficient (Wildman–Crippen LogP) is 0.152. The van der Waals surface area contributed by atoms with Crippen LogP contribution in [0, 0.1) is 0 Å². The van der Waals surface area contributed by atoms with Crippen LogP contribution in [0.2, 0.25) is 0 Å². The summed E-state index contributed by atoms with van der Waals surface area (Å²) in [5.41, 5.74) is 0. The second-order valence-electron chi connectivity index (χ2n) is 3.26. The normalized spacial score (nSPS) is 14.8. The Hall–Kier alpha value is -0.160. The number of rotatable bonds is 4. The third-order valence-electron chi connectivity index (χ3n) is 0.935. The van der Waals surface area contributed by atoms with Gasteiger partial charge < -0.3 is 20.1 Å². The molecule has 0 fully saturated rings. The summed E-state index contributed by atoms with van der Waals surface area (Å²) in [5.74, 6) is 0. The number of aliphatic hydroxyl groups excluding tert-OH is 3. The largest absolute Gasteiger partial charge is 0.394 e. The molecule has 0 saturated heterocycles. The first-order valence-corrected chi connectivity index (χ1v) is 4.48. The second-order valence-corrected chi connectivity index (χ2v) is 3.26. The van der Waals surface area contributed by atoms with Crippen LogP contribution in [-0.4, -0.2) is 46.8 Å². The van der Waals surface area contributed by atoms with Crippen molar-refractivity contribution in [3.8, 4) is 0 Å². The monoisotopic (exact) mass is 194 g/mol. The summed E-state index contributed by atoms with van der Waals surface area (Å²) in [6.07, 6.45) is -0.669. The summed E-state index contributed by atoms with van der Waals surface area (Å²) in [4.78, 5) is 0. The second kappa shape index (κ2) is 9.92. The Morgan fingerprint density at radius 2 is 1.38 bits per heavy atom. The minimum atomic E-state index is -0.560. The van der Waals surface area contributed by atoms with E-state index in [0.29, 0.717) is 6.61 Å². The first-order chi connectivity index (χ1) is 5.90. The van der Waals surface area contributed by atoms with Crippen LogP contribution in [0.25, 0.3) is 0 Å². The molecular weight excluding hydrogens is 172 g/mol. The molecule has 13 heavy (non-hydrogen) atoms. The maximum absolute atomic E-state index is 8.68. The van der Waals surface area contributed by atoms with Gasteiger partial charge in [0.1, 0.15) is 0 Å². The van der Waals surface area contributed by atoms with E-state index in [1.807, 2.05) is 13.8 Å². The molecule has 0 saturated carbocycles. The van der Waals surface area contributed by atoms with Crippen molar-refractivity contribution >= 4 is 0 Å². The van der Waals surface area contributed by atoms with Crippen LogP contribution >= 0.6 is 0 Å². The molecule has 0 aromatic heterocycles. The highest BCUT2D eigenvalue weighted by Crippen LogP contribution is 1.89. The molecule has 0 radical (unpaired) electrons. The SMILES string of the molecule is CC(O)CO.CC(O)COC(C)C. The molecule has 0 aromatic carbocycles. The van der Waals surface area contributed by atoms with Gasteiger partial charge in [0.15, 0.2) is 0 Å². The number of aliphatic hydroxyl groups is 3. The van der Waals surface area contributed by atoms with Crippen LogP contribution in [0.1, 0.15) is 27.7 Å². The first-order valence-electron chi connectivity index (χ1n) is 4.48. The highest BCUT2D eigenvalue weighted by Gasteiger charge is 1.96. The minimum Gasteiger partial charge on any atom is -0.394 e. The molecule has 4 heteroatoms. The highest BCUT2D eigenvalue weighted by atomic mass is 16.5. The molecular formula is C9H22O4. The molecule has 0 amide bonds. The van der Waals surface area contributed by atoms with Gasteiger partial charge in [-0.05, 0) is 27.7 Å². The lowest BCUT2D eigenvalue weighted by molar-refractivity contribution is 0.0134. The van der Waals surface area contributed by atoms with Gasteiger partial charge in [-0.3, -0.25) is 0 Å². The van der Waals surface area contributed by atoms with Gasteiger partial charge in [-0.1, -0.05) is 0 Å². The first kappa shape index (κ1) is 15.3. The summed E-state index contributed by atoms with van der Waals surface area (Å²) in [7, 11) is 0. The van der Waals surface area contributed by atoms with Gasteiger partial charge >= 0.3 is 0 Å². The van der Waals surface area contributed by atoms with Gasteiger partial charge in [-0.25, -0.2) is 0 Å². The quantitative estimate of drug-likeness (QED) is 0.596. The molecule has 0 heterocycles. The van der Waals surface area contributed by atoms with Gasteiger partial charge in [-0.2, -0.15) is 0 Å². The molecule has 0 aliphatic heterocycles. The van der Waals surface area contributed by atoms with Crippen LogP contribution in [0.3, 0.4) is 0 Å². The lowest BCUT2D eigenvalue weighted by atomic mass is 10.4. The Kier molecular flexibility index (Phi) is 11.7. The fourth-order valence-electron chi connectivity index (χ4n) is 0.332. The Balaban J connectivity index is 0. The number of hydrogen-bond acceptors (Lipinski definition) is 4. The van der Waals surface area contributed by atoms with Crippen molar-refractivity contribution in [2.45, 2.75) is 46.0 Å². The zero-order valence-electron chi connectivity index (χ0n) is 8.90. The van der Waals surface area contributed by atoms with E-state index in [1.165, 1.54) is 6.92 Å². The van der Waals surface area contributed by atoms with Gasteiger partial charge in [0, 0.05) is 0 Å². The lowest BCUT2D eigenvalue weighted by Crippen LogP contribution is -2.14. The molecule has 2 atom stereocenters. The van der Waals surface area contributed by atoms with Crippen molar-refractivity contribution in [3.05, 3.63) is 0 Å². The number of ether oxygens (including phenoxy) is 1. The minimum absolute atomic E-state index is 0.139. The van der Waals surface area contributed by atoms with E-state index in [9.17, 15) is 0 Å². The maximum atomic E-state index is 8.68. The van der Waals surface area contributed by atoms with Gasteiger partial charge in [0.2, 0.25) is 0 Å². The summed E-state index contributed by atoms with van der Waals surface area (Å²) in [6.45, 7) is 7.44. The summed E-state index contributed by atoms with van der Waals surface area (Å²) < 4.78 is 5.05. The number of hydrogen-bond donors (Lipinski definition) is 3. The predicted molar refractivity (Wildman–Crippen MR) is 51.5 cm³/mol. The van der Waals surface area contributed by atoms with Gasteiger partial charge in [0.05, 0.1) is 31.5 Å². The average Bonchev–Trinajstić information content (AvgIpc) is 2.02. The van der Waals surface area contributed by atoms with E-state index in [1.54, 1.807) is 6.92 Å².